The predicted octanol–water partition coefficient (Wildman–Crippen LogP) is 1.48. The number of carbonyl (C=O) groups excluding carboxylic acids is 1. The van der Waals surface area contributed by atoms with Crippen LogP contribution in [0.15, 0.2) is 12.2 Å². The van der Waals surface area contributed by atoms with Crippen LogP contribution in [0.25, 0.3) is 0 Å². The van der Waals surface area contributed by atoms with E-state index in [-0.39, 0.29) is 0 Å². The quantitative estimate of drug-likeness (QED) is 0.537. The first-order chi connectivity index (χ1) is 6.22. The maximum atomic E-state index is 11.7. The second-order valence-corrected chi connectivity index (χ2v) is 4.35. The third-order valence-corrected chi connectivity index (χ3v) is 3.54. The molecule has 2 fully saturated rings. The van der Waals surface area contributed by atoms with E-state index in [1.807, 2.05) is 4.90 Å². The van der Waals surface area contributed by atoms with E-state index in [0.717, 1.165) is 25.0 Å². The van der Waals surface area contributed by atoms with Gasteiger partial charge in [-0.2, -0.15) is 12.6 Å². The van der Waals surface area contributed by atoms with Gasteiger partial charge in [-0.25, -0.2) is 0 Å². The van der Waals surface area contributed by atoms with E-state index in [1.54, 1.807) is 0 Å². The standard InChI is InChI=1S/C10H15NOS/c1-7(6-13)5-11-9-3-2-8(4-9)10(11)12/h8-9,13H,1-6H2. The number of likely N-dealkylation sites (tertiary alicyclic amines) is 1. The minimum absolute atomic E-state index is 0.331. The van der Waals surface area contributed by atoms with Gasteiger partial charge in [0.15, 0.2) is 0 Å². The minimum Gasteiger partial charge on any atom is -0.335 e. The van der Waals surface area contributed by atoms with Gasteiger partial charge in [-0.1, -0.05) is 6.58 Å². The molecule has 0 radical (unpaired) electrons. The van der Waals surface area contributed by atoms with Gasteiger partial charge in [-0.15, -0.1) is 0 Å². The summed E-state index contributed by atoms with van der Waals surface area (Å²) in [6.07, 6.45) is 3.38. The number of rotatable bonds is 3. The molecule has 3 heteroatoms. The van der Waals surface area contributed by atoms with Gasteiger partial charge in [0.1, 0.15) is 0 Å². The van der Waals surface area contributed by atoms with Crippen LogP contribution in [0.3, 0.4) is 0 Å². The summed E-state index contributed by atoms with van der Waals surface area (Å²) in [5, 5.41) is 0. The van der Waals surface area contributed by atoms with Crippen molar-refractivity contribution in [1.29, 1.82) is 0 Å². The normalized spacial score (nSPS) is 31.5. The molecule has 0 spiro atoms. The molecule has 2 bridgehead atoms. The molecule has 72 valence electrons. The highest BCUT2D eigenvalue weighted by Crippen LogP contribution is 2.38. The Morgan fingerprint density at radius 1 is 1.62 bits per heavy atom. The summed E-state index contributed by atoms with van der Waals surface area (Å²) < 4.78 is 0. The van der Waals surface area contributed by atoms with E-state index >= 15 is 0 Å². The molecular formula is C10H15NOS. The highest BCUT2D eigenvalue weighted by atomic mass is 32.1. The molecule has 0 aromatic carbocycles. The molecule has 2 nitrogen and oxygen atoms in total. The first-order valence-corrected chi connectivity index (χ1v) is 5.43. The third kappa shape index (κ3) is 1.50. The Kier molecular flexibility index (Phi) is 2.37. The Labute approximate surface area is 84.4 Å². The number of nitrogens with zero attached hydrogens (tertiary/aromatic N) is 1. The lowest BCUT2D eigenvalue weighted by Gasteiger charge is -2.27. The minimum atomic E-state index is 0.331. The van der Waals surface area contributed by atoms with Crippen LogP contribution < -0.4 is 0 Å². The monoisotopic (exact) mass is 197 g/mol. The Balaban J connectivity index is 2.00. The average molecular weight is 197 g/mol. The van der Waals surface area contributed by atoms with Crippen LogP contribution in [0.4, 0.5) is 0 Å². The van der Waals surface area contributed by atoms with Gasteiger partial charge in [-0.3, -0.25) is 4.79 Å². The largest absolute Gasteiger partial charge is 0.335 e. The van der Waals surface area contributed by atoms with Gasteiger partial charge in [0, 0.05) is 24.3 Å². The molecule has 2 rings (SSSR count). The second-order valence-electron chi connectivity index (χ2n) is 4.04. The van der Waals surface area contributed by atoms with Gasteiger partial charge in [0.2, 0.25) is 5.91 Å². The van der Waals surface area contributed by atoms with Crippen molar-refractivity contribution in [3.8, 4) is 0 Å². The highest BCUT2D eigenvalue weighted by Gasteiger charge is 2.44. The second kappa shape index (κ2) is 3.37. The first-order valence-electron chi connectivity index (χ1n) is 4.80. The van der Waals surface area contributed by atoms with E-state index in [0.29, 0.717) is 23.6 Å². The van der Waals surface area contributed by atoms with Crippen molar-refractivity contribution in [1.82, 2.24) is 4.90 Å². The molecular weight excluding hydrogens is 182 g/mol. The zero-order valence-electron chi connectivity index (χ0n) is 7.70. The molecule has 1 saturated carbocycles. The summed E-state index contributed by atoms with van der Waals surface area (Å²) in [7, 11) is 0. The number of piperidine rings is 1. The molecule has 2 atom stereocenters. The number of hydrogen-bond acceptors (Lipinski definition) is 2. The molecule has 0 aromatic rings. The summed E-state index contributed by atoms with van der Waals surface area (Å²) in [5.41, 5.74) is 1.05. The van der Waals surface area contributed by atoms with Gasteiger partial charge in [0.05, 0.1) is 0 Å². The Morgan fingerprint density at radius 2 is 2.38 bits per heavy atom. The first kappa shape index (κ1) is 9.13. The van der Waals surface area contributed by atoms with E-state index in [9.17, 15) is 4.79 Å². The van der Waals surface area contributed by atoms with Crippen molar-refractivity contribution in [2.45, 2.75) is 25.3 Å². The Bertz CT molecular complexity index is 251. The number of thiol groups is 1. The topological polar surface area (TPSA) is 20.3 Å². The molecule has 2 aliphatic rings. The van der Waals surface area contributed by atoms with Crippen molar-refractivity contribution in [2.75, 3.05) is 12.3 Å². The van der Waals surface area contributed by atoms with E-state index in [4.69, 9.17) is 0 Å². The van der Waals surface area contributed by atoms with Crippen LogP contribution in [-0.2, 0) is 4.79 Å². The van der Waals surface area contributed by atoms with Crippen LogP contribution in [0.1, 0.15) is 19.3 Å². The fraction of sp³-hybridized carbons (Fsp3) is 0.700. The van der Waals surface area contributed by atoms with E-state index in [1.165, 1.54) is 6.42 Å². The Morgan fingerprint density at radius 3 is 2.92 bits per heavy atom. The number of carbonyl (C=O) groups is 1. The van der Waals surface area contributed by atoms with Gasteiger partial charge in [0.25, 0.3) is 0 Å². The smallest absolute Gasteiger partial charge is 0.226 e. The van der Waals surface area contributed by atoms with Crippen molar-refractivity contribution in [3.63, 3.8) is 0 Å². The lowest BCUT2D eigenvalue weighted by molar-refractivity contribution is -0.133. The van der Waals surface area contributed by atoms with Crippen LogP contribution in [0, 0.1) is 5.92 Å². The zero-order chi connectivity index (χ0) is 9.42. The lowest BCUT2D eigenvalue weighted by Crippen LogP contribution is -2.38. The molecule has 0 aromatic heterocycles. The third-order valence-electron chi connectivity index (χ3n) is 3.10. The van der Waals surface area contributed by atoms with Gasteiger partial charge in [-0.05, 0) is 24.8 Å². The van der Waals surface area contributed by atoms with Crippen LogP contribution in [0.2, 0.25) is 0 Å². The molecule has 1 aliphatic carbocycles. The summed E-state index contributed by atoms with van der Waals surface area (Å²) in [6, 6.07) is 0.508. The molecule has 1 saturated heterocycles. The summed E-state index contributed by atoms with van der Waals surface area (Å²) in [4.78, 5) is 13.7. The van der Waals surface area contributed by atoms with Crippen molar-refractivity contribution in [3.05, 3.63) is 12.2 Å². The fourth-order valence-corrected chi connectivity index (χ4v) is 2.48. The average Bonchev–Trinajstić information content (AvgIpc) is 2.69. The molecule has 0 N–H and O–H groups in total. The number of hydrogen-bond donors (Lipinski definition) is 1. The fourth-order valence-electron chi connectivity index (χ4n) is 2.38. The summed E-state index contributed by atoms with van der Waals surface area (Å²) >= 11 is 4.15. The Hall–Kier alpha value is -0.440. The van der Waals surface area contributed by atoms with Crippen LogP contribution >= 0.6 is 12.6 Å². The predicted molar refractivity (Wildman–Crippen MR) is 55.8 cm³/mol. The SMILES string of the molecule is C=C(CS)CN1C(=O)C2CCC1C2. The zero-order valence-corrected chi connectivity index (χ0v) is 8.59. The maximum absolute atomic E-state index is 11.7. The number of fused-ring (bicyclic) bond motifs is 2. The summed E-state index contributed by atoms with van der Waals surface area (Å²) in [6.45, 7) is 4.61. The molecule has 1 heterocycles. The summed E-state index contributed by atoms with van der Waals surface area (Å²) in [5.74, 6) is 1.36. The van der Waals surface area contributed by atoms with E-state index in [2.05, 4.69) is 19.2 Å². The molecule has 2 unspecified atom stereocenters. The van der Waals surface area contributed by atoms with Crippen LogP contribution in [0.5, 0.6) is 0 Å². The van der Waals surface area contributed by atoms with Crippen molar-refractivity contribution >= 4 is 18.5 Å². The van der Waals surface area contributed by atoms with Crippen LogP contribution in [-0.4, -0.2) is 29.1 Å². The van der Waals surface area contributed by atoms with E-state index < -0.39 is 0 Å². The molecule has 1 amide bonds. The van der Waals surface area contributed by atoms with Gasteiger partial charge < -0.3 is 4.90 Å². The van der Waals surface area contributed by atoms with Gasteiger partial charge >= 0.3 is 0 Å². The molecule has 13 heavy (non-hydrogen) atoms. The number of amides is 1. The van der Waals surface area contributed by atoms with Crippen molar-refractivity contribution in [2.24, 2.45) is 5.92 Å². The lowest BCUT2D eigenvalue weighted by atomic mass is 10.1. The maximum Gasteiger partial charge on any atom is 0.226 e. The molecule has 1 aliphatic heterocycles. The highest BCUT2D eigenvalue weighted by molar-refractivity contribution is 7.80. The van der Waals surface area contributed by atoms with Crippen molar-refractivity contribution < 1.29 is 4.79 Å².